The summed E-state index contributed by atoms with van der Waals surface area (Å²) in [5.74, 6) is -0.628. The first-order chi connectivity index (χ1) is 13.6. The van der Waals surface area contributed by atoms with E-state index in [1.54, 1.807) is 41.3 Å². The topological polar surface area (TPSA) is 45.7 Å². The van der Waals surface area contributed by atoms with Crippen molar-refractivity contribution in [3.05, 3.63) is 58.9 Å². The van der Waals surface area contributed by atoms with Crippen molar-refractivity contribution in [2.45, 2.75) is 0 Å². The average molecular weight is 456 g/mol. The van der Waals surface area contributed by atoms with Gasteiger partial charge in [0, 0.05) is 26.2 Å². The summed E-state index contributed by atoms with van der Waals surface area (Å²) < 4.78 is 20.2. The van der Waals surface area contributed by atoms with Crippen molar-refractivity contribution >= 4 is 56.6 Å². The van der Waals surface area contributed by atoms with Crippen molar-refractivity contribution in [2.24, 2.45) is 0 Å². The minimum atomic E-state index is -0.390. The highest BCUT2D eigenvalue weighted by atomic mass is 35.5. The van der Waals surface area contributed by atoms with Crippen molar-refractivity contribution < 1.29 is 13.9 Å². The number of halogens is 3. The van der Waals surface area contributed by atoms with Crippen LogP contribution in [-0.4, -0.2) is 55.2 Å². The summed E-state index contributed by atoms with van der Waals surface area (Å²) in [4.78, 5) is 21.5. The molecule has 1 amide bonds. The van der Waals surface area contributed by atoms with Crippen LogP contribution in [0.1, 0.15) is 10.4 Å². The predicted octanol–water partition coefficient (Wildman–Crippen LogP) is 4.49. The second-order valence-electron chi connectivity index (χ2n) is 6.47. The van der Waals surface area contributed by atoms with Crippen LogP contribution in [0.25, 0.3) is 10.2 Å². The maximum absolute atomic E-state index is 14.1. The zero-order valence-electron chi connectivity index (χ0n) is 15.5. The lowest BCUT2D eigenvalue weighted by Crippen LogP contribution is -2.43. The van der Waals surface area contributed by atoms with E-state index in [2.05, 4.69) is 9.88 Å². The van der Waals surface area contributed by atoms with E-state index in [9.17, 15) is 9.18 Å². The number of amides is 1. The Morgan fingerprint density at radius 1 is 1.21 bits per heavy atom. The van der Waals surface area contributed by atoms with Gasteiger partial charge in [0.1, 0.15) is 11.3 Å². The van der Waals surface area contributed by atoms with Gasteiger partial charge in [0.05, 0.1) is 28.5 Å². The highest BCUT2D eigenvalue weighted by molar-refractivity contribution is 7.22. The molecule has 0 saturated carbocycles. The zero-order valence-corrected chi connectivity index (χ0v) is 17.9. The molecule has 4 rings (SSSR count). The molecular weight excluding hydrogens is 436 g/mol. The second-order valence-corrected chi connectivity index (χ2v) is 7.89. The van der Waals surface area contributed by atoms with Crippen LogP contribution >= 0.6 is 35.3 Å². The summed E-state index contributed by atoms with van der Waals surface area (Å²) in [7, 11) is 0. The molecule has 1 aliphatic rings. The van der Waals surface area contributed by atoms with Gasteiger partial charge in [-0.15, -0.1) is 12.4 Å². The van der Waals surface area contributed by atoms with Crippen molar-refractivity contribution in [3.63, 3.8) is 0 Å². The molecule has 0 spiro atoms. The fraction of sp³-hybridized carbons (Fsp3) is 0.300. The van der Waals surface area contributed by atoms with E-state index in [0.717, 1.165) is 13.1 Å². The molecule has 0 radical (unpaired) electrons. The number of rotatable bonds is 5. The van der Waals surface area contributed by atoms with Crippen molar-refractivity contribution in [2.75, 3.05) is 44.3 Å². The molecule has 1 fully saturated rings. The van der Waals surface area contributed by atoms with Crippen LogP contribution in [0.15, 0.2) is 42.5 Å². The molecule has 154 valence electrons. The van der Waals surface area contributed by atoms with E-state index >= 15 is 0 Å². The molecule has 29 heavy (non-hydrogen) atoms. The summed E-state index contributed by atoms with van der Waals surface area (Å²) in [6.07, 6.45) is 0. The van der Waals surface area contributed by atoms with Crippen molar-refractivity contribution in [1.82, 2.24) is 9.88 Å². The van der Waals surface area contributed by atoms with Crippen LogP contribution in [0, 0.1) is 5.82 Å². The molecule has 1 aliphatic heterocycles. The van der Waals surface area contributed by atoms with Gasteiger partial charge in [-0.2, -0.15) is 0 Å². The largest absolute Gasteiger partial charge is 0.379 e. The Kier molecular flexibility index (Phi) is 7.43. The number of carbonyl (C=O) groups is 1. The number of carbonyl (C=O) groups excluding carboxylic acids is 1. The molecule has 0 aliphatic carbocycles. The van der Waals surface area contributed by atoms with Gasteiger partial charge in [-0.25, -0.2) is 9.37 Å². The summed E-state index contributed by atoms with van der Waals surface area (Å²) >= 11 is 7.55. The zero-order chi connectivity index (χ0) is 19.5. The molecule has 5 nitrogen and oxygen atoms in total. The fourth-order valence-corrected chi connectivity index (χ4v) is 4.37. The minimum absolute atomic E-state index is 0. The average Bonchev–Trinajstić information content (AvgIpc) is 3.14. The summed E-state index contributed by atoms with van der Waals surface area (Å²) in [6, 6.07) is 11.8. The first kappa shape index (κ1) is 21.9. The third-order valence-electron chi connectivity index (χ3n) is 4.68. The summed E-state index contributed by atoms with van der Waals surface area (Å²) in [5.41, 5.74) is 0.691. The van der Waals surface area contributed by atoms with Gasteiger partial charge < -0.3 is 4.74 Å². The van der Waals surface area contributed by atoms with Crippen LogP contribution in [0.3, 0.4) is 0 Å². The third-order valence-corrected chi connectivity index (χ3v) is 6.06. The second kappa shape index (κ2) is 9.82. The quantitative estimate of drug-likeness (QED) is 0.568. The number of thiazole rings is 1. The van der Waals surface area contributed by atoms with Gasteiger partial charge in [0.25, 0.3) is 5.91 Å². The van der Waals surface area contributed by atoms with Gasteiger partial charge >= 0.3 is 0 Å². The molecular formula is C20H20Cl2FN3O2S. The Labute approximate surface area is 183 Å². The lowest BCUT2D eigenvalue weighted by atomic mass is 10.2. The van der Waals surface area contributed by atoms with Crippen LogP contribution in [0.2, 0.25) is 5.02 Å². The number of para-hydroxylation sites is 1. The van der Waals surface area contributed by atoms with E-state index < -0.39 is 5.82 Å². The number of morpholine rings is 1. The maximum atomic E-state index is 14.1. The lowest BCUT2D eigenvalue weighted by Gasteiger charge is -2.29. The standard InChI is InChI=1S/C20H19ClFN3O2S.ClH/c21-15-5-2-1-4-14(15)19(26)25(9-8-24-10-12-27-13-11-24)20-23-18-16(22)6-3-7-17(18)28-20;/h1-7H,8-13H2;1H. The monoisotopic (exact) mass is 455 g/mol. The van der Waals surface area contributed by atoms with Gasteiger partial charge in [0.15, 0.2) is 5.13 Å². The first-order valence-electron chi connectivity index (χ1n) is 9.05. The number of benzene rings is 2. The fourth-order valence-electron chi connectivity index (χ4n) is 3.15. The summed E-state index contributed by atoms with van der Waals surface area (Å²) in [5, 5.41) is 0.856. The molecule has 0 N–H and O–H groups in total. The molecule has 2 aromatic carbocycles. The number of fused-ring (bicyclic) bond motifs is 1. The minimum Gasteiger partial charge on any atom is -0.379 e. The Hall–Kier alpha value is -1.77. The van der Waals surface area contributed by atoms with Crippen LogP contribution < -0.4 is 4.90 Å². The van der Waals surface area contributed by atoms with Crippen molar-refractivity contribution in [1.29, 1.82) is 0 Å². The molecule has 0 unspecified atom stereocenters. The van der Waals surface area contributed by atoms with Crippen molar-refractivity contribution in [3.8, 4) is 0 Å². The number of hydrogen-bond acceptors (Lipinski definition) is 5. The summed E-state index contributed by atoms with van der Waals surface area (Å²) in [6.45, 7) is 4.13. The van der Waals surface area contributed by atoms with E-state index in [1.807, 2.05) is 0 Å². The van der Waals surface area contributed by atoms with Gasteiger partial charge in [-0.3, -0.25) is 14.6 Å². The number of nitrogens with zero attached hydrogens (tertiary/aromatic N) is 3. The number of anilines is 1. The number of hydrogen-bond donors (Lipinski definition) is 0. The predicted molar refractivity (Wildman–Crippen MR) is 117 cm³/mol. The molecule has 1 saturated heterocycles. The highest BCUT2D eigenvalue weighted by Crippen LogP contribution is 2.31. The molecule has 0 bridgehead atoms. The Balaban J connectivity index is 0.00000240. The first-order valence-corrected chi connectivity index (χ1v) is 10.2. The normalized spacial score (nSPS) is 14.6. The van der Waals surface area contributed by atoms with Gasteiger partial charge in [-0.1, -0.05) is 41.1 Å². The highest BCUT2D eigenvalue weighted by Gasteiger charge is 2.24. The van der Waals surface area contributed by atoms with E-state index in [0.29, 0.717) is 46.7 Å². The lowest BCUT2D eigenvalue weighted by molar-refractivity contribution is 0.0391. The maximum Gasteiger partial charge on any atom is 0.261 e. The van der Waals surface area contributed by atoms with E-state index in [-0.39, 0.29) is 23.8 Å². The molecule has 2 heterocycles. The van der Waals surface area contributed by atoms with Crippen LogP contribution in [-0.2, 0) is 4.74 Å². The van der Waals surface area contributed by atoms with Crippen LogP contribution in [0.4, 0.5) is 9.52 Å². The smallest absolute Gasteiger partial charge is 0.261 e. The van der Waals surface area contributed by atoms with E-state index in [1.165, 1.54) is 17.4 Å². The van der Waals surface area contributed by atoms with Crippen LogP contribution in [0.5, 0.6) is 0 Å². The van der Waals surface area contributed by atoms with E-state index in [4.69, 9.17) is 16.3 Å². The van der Waals surface area contributed by atoms with Gasteiger partial charge in [-0.05, 0) is 24.3 Å². The molecule has 9 heteroatoms. The SMILES string of the molecule is Cl.O=C(c1ccccc1Cl)N(CCN1CCOCC1)c1nc2c(F)cccc2s1. The number of ether oxygens (including phenoxy) is 1. The Morgan fingerprint density at radius 3 is 2.69 bits per heavy atom. The number of aromatic nitrogens is 1. The Bertz CT molecular complexity index is 995. The van der Waals surface area contributed by atoms with Gasteiger partial charge in [0.2, 0.25) is 0 Å². The molecule has 0 atom stereocenters. The molecule has 3 aromatic rings. The Morgan fingerprint density at radius 2 is 1.97 bits per heavy atom. The third kappa shape index (κ3) is 4.87. The molecule has 1 aromatic heterocycles.